The first-order valence-corrected chi connectivity index (χ1v) is 11.6. The van der Waals surface area contributed by atoms with E-state index in [4.69, 9.17) is 0 Å². The van der Waals surface area contributed by atoms with Crippen LogP contribution < -0.4 is 10.1 Å². The molecule has 1 N–H and O–H groups in total. The van der Waals surface area contributed by atoms with Crippen LogP contribution in [0, 0.1) is 13.8 Å². The highest BCUT2D eigenvalue weighted by molar-refractivity contribution is 7.99. The third kappa shape index (κ3) is 5.82. The van der Waals surface area contributed by atoms with E-state index in [1.165, 1.54) is 23.9 Å². The lowest BCUT2D eigenvalue weighted by atomic mass is 10.1. The van der Waals surface area contributed by atoms with Crippen LogP contribution in [0.1, 0.15) is 11.1 Å². The van der Waals surface area contributed by atoms with Crippen molar-refractivity contribution in [2.24, 2.45) is 0 Å². The molecule has 8 heteroatoms. The number of benzene rings is 3. The van der Waals surface area contributed by atoms with E-state index in [0.717, 1.165) is 33.8 Å². The number of alkyl halides is 2. The standard InChI is InChI=1S/C26H23F2N3O2S/c1-17-3-7-19(8-4-17)23-15-29-26(31(23)21-11-13-22(14-12-21)33-25(27)28)34-16-24(32)30-20-9-5-18(2)6-10-20/h3-15,25H,16H2,1-2H3,(H,30,32). The average Bonchev–Trinajstić information content (AvgIpc) is 3.24. The third-order valence-corrected chi connectivity index (χ3v) is 6.02. The maximum atomic E-state index is 12.5. The molecule has 174 valence electrons. The number of carbonyl (C=O) groups is 1. The zero-order chi connectivity index (χ0) is 24.1. The van der Waals surface area contributed by atoms with Crippen LogP contribution in [0.2, 0.25) is 0 Å². The Morgan fingerprint density at radius 1 is 0.971 bits per heavy atom. The van der Waals surface area contributed by atoms with Crippen molar-refractivity contribution in [1.82, 2.24) is 9.55 Å². The van der Waals surface area contributed by atoms with Crippen molar-refractivity contribution in [2.45, 2.75) is 25.6 Å². The number of anilines is 1. The molecule has 0 fully saturated rings. The van der Waals surface area contributed by atoms with Crippen molar-refractivity contribution < 1.29 is 18.3 Å². The summed E-state index contributed by atoms with van der Waals surface area (Å²) < 4.78 is 31.5. The van der Waals surface area contributed by atoms with Crippen molar-refractivity contribution in [1.29, 1.82) is 0 Å². The molecule has 0 aliphatic carbocycles. The average molecular weight is 480 g/mol. The zero-order valence-corrected chi connectivity index (χ0v) is 19.5. The molecule has 1 aromatic heterocycles. The summed E-state index contributed by atoms with van der Waals surface area (Å²) in [6, 6.07) is 21.9. The van der Waals surface area contributed by atoms with Gasteiger partial charge in [-0.3, -0.25) is 9.36 Å². The van der Waals surface area contributed by atoms with Gasteiger partial charge in [0, 0.05) is 16.9 Å². The number of halogens is 2. The minimum atomic E-state index is -2.89. The zero-order valence-electron chi connectivity index (χ0n) is 18.7. The van der Waals surface area contributed by atoms with Crippen molar-refractivity contribution in [3.8, 4) is 22.7 Å². The first kappa shape index (κ1) is 23.5. The van der Waals surface area contributed by atoms with E-state index in [1.54, 1.807) is 18.3 Å². The van der Waals surface area contributed by atoms with Gasteiger partial charge in [0.15, 0.2) is 5.16 Å². The highest BCUT2D eigenvalue weighted by Gasteiger charge is 2.16. The van der Waals surface area contributed by atoms with E-state index in [2.05, 4.69) is 15.0 Å². The molecule has 0 aliphatic heterocycles. The smallest absolute Gasteiger partial charge is 0.387 e. The number of nitrogens with one attached hydrogen (secondary N) is 1. The number of aromatic nitrogens is 2. The fourth-order valence-electron chi connectivity index (χ4n) is 3.35. The van der Waals surface area contributed by atoms with Gasteiger partial charge in [0.05, 0.1) is 17.6 Å². The van der Waals surface area contributed by atoms with Gasteiger partial charge in [-0.15, -0.1) is 0 Å². The summed E-state index contributed by atoms with van der Waals surface area (Å²) in [5.41, 5.74) is 5.46. The second kappa shape index (κ2) is 10.5. The van der Waals surface area contributed by atoms with Crippen LogP contribution in [0.3, 0.4) is 0 Å². The maximum absolute atomic E-state index is 12.5. The van der Waals surface area contributed by atoms with E-state index < -0.39 is 6.61 Å². The summed E-state index contributed by atoms with van der Waals surface area (Å²) in [6.07, 6.45) is 1.74. The number of hydrogen-bond donors (Lipinski definition) is 1. The number of imidazole rings is 1. The summed E-state index contributed by atoms with van der Waals surface area (Å²) >= 11 is 1.29. The molecule has 0 bridgehead atoms. The number of thioether (sulfide) groups is 1. The summed E-state index contributed by atoms with van der Waals surface area (Å²) in [6.45, 7) is 1.11. The van der Waals surface area contributed by atoms with Gasteiger partial charge < -0.3 is 10.1 Å². The molecule has 5 nitrogen and oxygen atoms in total. The number of aryl methyl sites for hydroxylation is 2. The van der Waals surface area contributed by atoms with Gasteiger partial charge in [-0.1, -0.05) is 59.3 Å². The molecule has 1 heterocycles. The number of rotatable bonds is 8. The van der Waals surface area contributed by atoms with Crippen LogP contribution in [0.25, 0.3) is 16.9 Å². The van der Waals surface area contributed by atoms with Gasteiger partial charge in [0.25, 0.3) is 0 Å². The molecule has 0 unspecified atom stereocenters. The molecular formula is C26H23F2N3O2S. The van der Waals surface area contributed by atoms with Crippen molar-refractivity contribution in [2.75, 3.05) is 11.1 Å². The number of carbonyl (C=O) groups excluding carboxylic acids is 1. The number of ether oxygens (including phenoxy) is 1. The fourth-order valence-corrected chi connectivity index (χ4v) is 4.15. The second-order valence-electron chi connectivity index (χ2n) is 7.70. The number of amides is 1. The SMILES string of the molecule is Cc1ccc(NC(=O)CSc2ncc(-c3ccc(C)cc3)n2-c2ccc(OC(F)F)cc2)cc1. The van der Waals surface area contributed by atoms with E-state index >= 15 is 0 Å². The van der Waals surface area contributed by atoms with E-state index in [-0.39, 0.29) is 17.4 Å². The van der Waals surface area contributed by atoms with Gasteiger partial charge in [-0.05, 0) is 50.2 Å². The van der Waals surface area contributed by atoms with Crippen LogP contribution in [0.15, 0.2) is 84.1 Å². The molecule has 0 spiro atoms. The van der Waals surface area contributed by atoms with Crippen LogP contribution >= 0.6 is 11.8 Å². The molecule has 4 aromatic rings. The Bertz CT molecular complexity index is 1250. The van der Waals surface area contributed by atoms with E-state index in [0.29, 0.717) is 5.16 Å². The minimum Gasteiger partial charge on any atom is -0.435 e. The summed E-state index contributed by atoms with van der Waals surface area (Å²) in [7, 11) is 0. The molecular weight excluding hydrogens is 456 g/mol. The lowest BCUT2D eigenvalue weighted by Gasteiger charge is -2.13. The fraction of sp³-hybridized carbons (Fsp3) is 0.154. The summed E-state index contributed by atoms with van der Waals surface area (Å²) in [5, 5.41) is 3.49. The normalized spacial score (nSPS) is 11.0. The molecule has 0 atom stereocenters. The first-order valence-electron chi connectivity index (χ1n) is 10.6. The van der Waals surface area contributed by atoms with Gasteiger partial charge in [-0.2, -0.15) is 8.78 Å². The predicted octanol–water partition coefficient (Wildman–Crippen LogP) is 6.49. The lowest BCUT2D eigenvalue weighted by molar-refractivity contribution is -0.113. The topological polar surface area (TPSA) is 56.2 Å². The highest BCUT2D eigenvalue weighted by atomic mass is 32.2. The van der Waals surface area contributed by atoms with Crippen LogP contribution in [-0.4, -0.2) is 27.8 Å². The maximum Gasteiger partial charge on any atom is 0.387 e. The van der Waals surface area contributed by atoms with Crippen molar-refractivity contribution in [3.05, 3.63) is 90.1 Å². The number of nitrogens with zero attached hydrogens (tertiary/aromatic N) is 2. The lowest BCUT2D eigenvalue weighted by Crippen LogP contribution is -2.14. The highest BCUT2D eigenvalue weighted by Crippen LogP contribution is 2.31. The van der Waals surface area contributed by atoms with Gasteiger partial charge in [0.1, 0.15) is 5.75 Å². The van der Waals surface area contributed by atoms with Crippen LogP contribution in [0.4, 0.5) is 14.5 Å². The van der Waals surface area contributed by atoms with Gasteiger partial charge in [0.2, 0.25) is 5.91 Å². The minimum absolute atomic E-state index is 0.0717. The molecule has 0 aliphatic rings. The molecule has 0 radical (unpaired) electrons. The largest absolute Gasteiger partial charge is 0.435 e. The summed E-state index contributed by atoms with van der Waals surface area (Å²) in [5.74, 6) is 0.0774. The Morgan fingerprint density at radius 2 is 1.59 bits per heavy atom. The van der Waals surface area contributed by atoms with Gasteiger partial charge >= 0.3 is 6.61 Å². The first-order chi connectivity index (χ1) is 16.4. The molecule has 0 saturated carbocycles. The Morgan fingerprint density at radius 3 is 2.21 bits per heavy atom. The molecule has 34 heavy (non-hydrogen) atoms. The Labute approximate surface area is 200 Å². The van der Waals surface area contributed by atoms with E-state index in [9.17, 15) is 13.6 Å². The Balaban J connectivity index is 1.59. The summed E-state index contributed by atoms with van der Waals surface area (Å²) in [4.78, 5) is 17.1. The second-order valence-corrected chi connectivity index (χ2v) is 8.65. The molecule has 0 saturated heterocycles. The predicted molar refractivity (Wildman–Crippen MR) is 131 cm³/mol. The van der Waals surface area contributed by atoms with E-state index in [1.807, 2.05) is 66.9 Å². The van der Waals surface area contributed by atoms with Crippen LogP contribution in [-0.2, 0) is 4.79 Å². The monoisotopic (exact) mass is 479 g/mol. The van der Waals surface area contributed by atoms with Crippen LogP contribution in [0.5, 0.6) is 5.75 Å². The number of hydrogen-bond acceptors (Lipinski definition) is 4. The molecule has 1 amide bonds. The molecule has 4 rings (SSSR count). The van der Waals surface area contributed by atoms with Gasteiger partial charge in [-0.25, -0.2) is 4.98 Å². The third-order valence-electron chi connectivity index (χ3n) is 5.06. The quantitative estimate of drug-likeness (QED) is 0.294. The Kier molecular flexibility index (Phi) is 7.27. The van der Waals surface area contributed by atoms with Crippen molar-refractivity contribution >= 4 is 23.4 Å². The van der Waals surface area contributed by atoms with Crippen molar-refractivity contribution in [3.63, 3.8) is 0 Å². The Hall–Kier alpha value is -3.65. The molecule has 3 aromatic carbocycles.